The van der Waals surface area contributed by atoms with Crippen molar-refractivity contribution in [3.63, 3.8) is 0 Å². The molecule has 0 radical (unpaired) electrons. The molecular formula is C5H10N2O3. The van der Waals surface area contributed by atoms with Crippen LogP contribution in [0.5, 0.6) is 0 Å². The van der Waals surface area contributed by atoms with E-state index in [0.717, 1.165) is 4.90 Å². The van der Waals surface area contributed by atoms with Crippen molar-refractivity contribution in [1.29, 1.82) is 0 Å². The molecule has 10 heavy (non-hydrogen) atoms. The largest absolute Gasteiger partial charge is 0.465 e. The van der Waals surface area contributed by atoms with Crippen LogP contribution in [-0.4, -0.2) is 46.4 Å². The highest BCUT2D eigenvalue weighted by molar-refractivity contribution is 5.65. The second kappa shape index (κ2) is 2.43. The highest BCUT2D eigenvalue weighted by Crippen LogP contribution is 2.07. The van der Waals surface area contributed by atoms with Gasteiger partial charge in [0.2, 0.25) is 0 Å². The first-order valence-electron chi connectivity index (χ1n) is 3.03. The van der Waals surface area contributed by atoms with E-state index in [2.05, 4.69) is 0 Å². The maximum absolute atomic E-state index is 10.3. The molecule has 0 bridgehead atoms. The van der Waals surface area contributed by atoms with Gasteiger partial charge < -0.3 is 20.8 Å². The molecule has 5 heteroatoms. The van der Waals surface area contributed by atoms with Crippen LogP contribution in [0.3, 0.4) is 0 Å². The average Bonchev–Trinajstić information content (AvgIpc) is 2.13. The normalized spacial score (nSPS) is 32.8. The summed E-state index contributed by atoms with van der Waals surface area (Å²) in [6, 6.07) is -0.420. The van der Waals surface area contributed by atoms with Crippen molar-refractivity contribution in [2.75, 3.05) is 13.1 Å². The van der Waals surface area contributed by atoms with Gasteiger partial charge in [-0.1, -0.05) is 0 Å². The number of rotatable bonds is 0. The summed E-state index contributed by atoms with van der Waals surface area (Å²) in [4.78, 5) is 11.4. The van der Waals surface area contributed by atoms with Gasteiger partial charge in [0.25, 0.3) is 0 Å². The predicted octanol–water partition coefficient (Wildman–Crippen LogP) is -1.33. The maximum atomic E-state index is 10.3. The third-order valence-electron chi connectivity index (χ3n) is 1.60. The molecule has 5 nitrogen and oxygen atoms in total. The zero-order valence-corrected chi connectivity index (χ0v) is 5.40. The predicted molar refractivity (Wildman–Crippen MR) is 33.6 cm³/mol. The second-order valence-electron chi connectivity index (χ2n) is 2.42. The number of carboxylic acid groups (broad SMARTS) is 1. The van der Waals surface area contributed by atoms with Crippen LogP contribution in [0.2, 0.25) is 0 Å². The van der Waals surface area contributed by atoms with Crippen molar-refractivity contribution in [2.24, 2.45) is 5.73 Å². The molecule has 1 amide bonds. The van der Waals surface area contributed by atoms with Gasteiger partial charge in [0, 0.05) is 6.54 Å². The van der Waals surface area contributed by atoms with E-state index in [0.29, 0.717) is 0 Å². The van der Waals surface area contributed by atoms with Gasteiger partial charge in [0.05, 0.1) is 18.7 Å². The molecular weight excluding hydrogens is 136 g/mol. The molecule has 1 aliphatic heterocycles. The van der Waals surface area contributed by atoms with Gasteiger partial charge in [-0.2, -0.15) is 0 Å². The Labute approximate surface area is 58.0 Å². The topological polar surface area (TPSA) is 86.8 Å². The molecule has 1 rings (SSSR count). The van der Waals surface area contributed by atoms with E-state index in [4.69, 9.17) is 15.9 Å². The molecule has 1 fully saturated rings. The fourth-order valence-corrected chi connectivity index (χ4v) is 0.968. The lowest BCUT2D eigenvalue weighted by Crippen LogP contribution is -2.33. The first-order chi connectivity index (χ1) is 4.61. The van der Waals surface area contributed by atoms with Crippen LogP contribution in [0.15, 0.2) is 0 Å². The van der Waals surface area contributed by atoms with E-state index in [1.807, 2.05) is 0 Å². The number of hydrogen-bond donors (Lipinski definition) is 3. The Balaban J connectivity index is 2.49. The van der Waals surface area contributed by atoms with Gasteiger partial charge in [-0.25, -0.2) is 4.79 Å². The van der Waals surface area contributed by atoms with Crippen LogP contribution in [0.1, 0.15) is 0 Å². The van der Waals surface area contributed by atoms with Crippen LogP contribution in [0.25, 0.3) is 0 Å². The number of β-amino-alcohol motifs (C(OH)–C–C–N with tert-alkyl or cyclic N) is 1. The fraction of sp³-hybridized carbons (Fsp3) is 0.800. The monoisotopic (exact) mass is 146 g/mol. The van der Waals surface area contributed by atoms with Gasteiger partial charge in [0.1, 0.15) is 0 Å². The second-order valence-corrected chi connectivity index (χ2v) is 2.42. The molecule has 0 spiro atoms. The van der Waals surface area contributed by atoms with Crippen molar-refractivity contribution in [3.05, 3.63) is 0 Å². The first kappa shape index (κ1) is 7.30. The fourth-order valence-electron chi connectivity index (χ4n) is 0.968. The summed E-state index contributed by atoms with van der Waals surface area (Å²) in [6.45, 7) is 0.368. The Hall–Kier alpha value is -0.810. The van der Waals surface area contributed by atoms with E-state index in [-0.39, 0.29) is 13.1 Å². The zero-order valence-electron chi connectivity index (χ0n) is 5.40. The lowest BCUT2D eigenvalue weighted by molar-refractivity contribution is 0.138. The number of hydrogen-bond acceptors (Lipinski definition) is 3. The molecule has 58 valence electrons. The number of amides is 1. The van der Waals surface area contributed by atoms with Crippen molar-refractivity contribution in [2.45, 2.75) is 12.1 Å². The molecule has 0 saturated carbocycles. The van der Waals surface area contributed by atoms with Gasteiger partial charge in [-0.15, -0.1) is 0 Å². The quantitative estimate of drug-likeness (QED) is 0.395. The Morgan fingerprint density at radius 1 is 1.60 bits per heavy atom. The van der Waals surface area contributed by atoms with Crippen molar-refractivity contribution in [3.8, 4) is 0 Å². The van der Waals surface area contributed by atoms with Gasteiger partial charge in [-0.3, -0.25) is 0 Å². The Bertz CT molecular complexity index is 140. The molecule has 1 saturated heterocycles. The minimum atomic E-state index is -1.02. The van der Waals surface area contributed by atoms with E-state index in [1.54, 1.807) is 0 Å². The lowest BCUT2D eigenvalue weighted by Gasteiger charge is -2.08. The van der Waals surface area contributed by atoms with Crippen molar-refractivity contribution >= 4 is 6.09 Å². The highest BCUT2D eigenvalue weighted by atomic mass is 16.4. The summed E-state index contributed by atoms with van der Waals surface area (Å²) < 4.78 is 0. The summed E-state index contributed by atoms with van der Waals surface area (Å²) in [5, 5.41) is 17.4. The smallest absolute Gasteiger partial charge is 0.407 e. The molecule has 0 aromatic carbocycles. The number of nitrogens with two attached hydrogens (primary N) is 1. The van der Waals surface area contributed by atoms with E-state index < -0.39 is 18.2 Å². The summed E-state index contributed by atoms with van der Waals surface area (Å²) in [5.74, 6) is 0. The van der Waals surface area contributed by atoms with Crippen LogP contribution in [0, 0.1) is 0 Å². The van der Waals surface area contributed by atoms with Gasteiger partial charge in [0.15, 0.2) is 0 Å². The minimum absolute atomic E-state index is 0.135. The number of likely N-dealkylation sites (tertiary alicyclic amines) is 1. The van der Waals surface area contributed by atoms with Crippen molar-refractivity contribution < 1.29 is 15.0 Å². The first-order valence-corrected chi connectivity index (χ1v) is 3.03. The summed E-state index contributed by atoms with van der Waals surface area (Å²) in [6.07, 6.45) is -1.72. The average molecular weight is 146 g/mol. The standard InChI is InChI=1S/C5H10N2O3/c6-3-1-7(5(9)10)2-4(3)8/h3-4,8H,1-2,6H2,(H,9,10)/t3-,4?/m1/s1. The highest BCUT2D eigenvalue weighted by Gasteiger charge is 2.30. The Kier molecular flexibility index (Phi) is 1.78. The number of carbonyl (C=O) groups is 1. The number of aliphatic hydroxyl groups is 1. The van der Waals surface area contributed by atoms with E-state index in [1.165, 1.54) is 0 Å². The molecule has 2 atom stereocenters. The SMILES string of the molecule is N[C@@H]1CN(C(=O)O)CC1O. The van der Waals surface area contributed by atoms with Gasteiger partial charge >= 0.3 is 6.09 Å². The van der Waals surface area contributed by atoms with Crippen LogP contribution in [-0.2, 0) is 0 Å². The minimum Gasteiger partial charge on any atom is -0.465 e. The zero-order chi connectivity index (χ0) is 7.72. The Morgan fingerprint density at radius 3 is 2.40 bits per heavy atom. The van der Waals surface area contributed by atoms with E-state index in [9.17, 15) is 4.79 Å². The molecule has 4 N–H and O–H groups in total. The number of aliphatic hydroxyl groups excluding tert-OH is 1. The Morgan fingerprint density at radius 2 is 2.20 bits per heavy atom. The summed E-state index contributed by atoms with van der Waals surface area (Å²) >= 11 is 0. The molecule has 0 aromatic heterocycles. The molecule has 1 heterocycles. The van der Waals surface area contributed by atoms with Crippen LogP contribution < -0.4 is 5.73 Å². The molecule has 0 aromatic rings. The summed E-state index contributed by atoms with van der Waals surface area (Å²) in [7, 11) is 0. The van der Waals surface area contributed by atoms with E-state index >= 15 is 0 Å². The number of nitrogens with zero attached hydrogens (tertiary/aromatic N) is 1. The van der Waals surface area contributed by atoms with Crippen molar-refractivity contribution in [1.82, 2.24) is 4.90 Å². The third-order valence-corrected chi connectivity index (χ3v) is 1.60. The third kappa shape index (κ3) is 1.19. The summed E-state index contributed by atoms with van der Waals surface area (Å²) in [5.41, 5.74) is 5.35. The van der Waals surface area contributed by atoms with Crippen LogP contribution >= 0.6 is 0 Å². The van der Waals surface area contributed by atoms with Gasteiger partial charge in [-0.05, 0) is 0 Å². The molecule has 1 unspecified atom stereocenters. The maximum Gasteiger partial charge on any atom is 0.407 e. The lowest BCUT2D eigenvalue weighted by atomic mass is 10.2. The molecule has 1 aliphatic rings. The molecule has 0 aliphatic carbocycles. The van der Waals surface area contributed by atoms with Crippen LogP contribution in [0.4, 0.5) is 4.79 Å².